The first-order chi connectivity index (χ1) is 7.08. The Morgan fingerprint density at radius 3 is 2.06 bits per heavy atom. The molecule has 16 heavy (non-hydrogen) atoms. The Balaban J connectivity index is 2.63. The van der Waals surface area contributed by atoms with Crippen molar-refractivity contribution in [1.82, 2.24) is 4.90 Å². The minimum absolute atomic E-state index is 0.0603. The van der Waals surface area contributed by atoms with Gasteiger partial charge in [-0.05, 0) is 12.8 Å². The fraction of sp³-hybridized carbons (Fsp3) is 0.900. The molecule has 0 spiro atoms. The number of carbonyl (C=O) groups excluding carboxylic acids is 1. The summed E-state index contributed by atoms with van der Waals surface area (Å²) in [6.07, 6.45) is 1.05. The van der Waals surface area contributed by atoms with Gasteiger partial charge in [-0.25, -0.2) is 8.42 Å². The normalized spacial score (nSPS) is 21.8. The van der Waals surface area contributed by atoms with Crippen molar-refractivity contribution in [2.45, 2.75) is 31.6 Å². The van der Waals surface area contributed by atoms with Crippen molar-refractivity contribution >= 4 is 15.7 Å². The van der Waals surface area contributed by atoms with E-state index in [1.54, 1.807) is 0 Å². The molecule has 0 aromatic carbocycles. The maximum atomic E-state index is 11.7. The number of hydrogen-bond acceptors (Lipinski definition) is 4. The number of carbonyl (C=O) groups is 1. The number of β-amino-alcohol motifs (C(OH)–C–C–N with tert-alkyl or cyclic N) is 1. The Hall–Kier alpha value is -0.620. The van der Waals surface area contributed by atoms with E-state index in [0.29, 0.717) is 0 Å². The second-order valence-electron chi connectivity index (χ2n) is 4.92. The first-order valence-corrected chi connectivity index (χ1v) is 7.23. The Kier molecular flexibility index (Phi) is 3.36. The number of rotatable bonds is 3. The molecule has 1 amide bonds. The summed E-state index contributed by atoms with van der Waals surface area (Å²) in [5.41, 5.74) is -0.854. The summed E-state index contributed by atoms with van der Waals surface area (Å²) < 4.78 is 22.4. The van der Waals surface area contributed by atoms with Gasteiger partial charge < -0.3 is 10.0 Å². The van der Waals surface area contributed by atoms with Crippen LogP contribution in [-0.4, -0.2) is 54.5 Å². The van der Waals surface area contributed by atoms with Crippen molar-refractivity contribution in [3.8, 4) is 0 Å². The third-order valence-electron chi connectivity index (χ3n) is 3.31. The van der Waals surface area contributed by atoms with Crippen LogP contribution in [-0.2, 0) is 14.6 Å². The fourth-order valence-corrected chi connectivity index (χ4v) is 2.09. The number of sulfone groups is 1. The average Bonchev–Trinajstić information content (AvgIpc) is 2.08. The fourth-order valence-electron chi connectivity index (χ4n) is 1.58. The summed E-state index contributed by atoms with van der Waals surface area (Å²) in [5.74, 6) is -0.363. The van der Waals surface area contributed by atoms with Gasteiger partial charge in [-0.2, -0.15) is 0 Å². The van der Waals surface area contributed by atoms with E-state index in [-0.39, 0.29) is 19.0 Å². The SMILES string of the molecule is CC(C)C1(O)CN(C(=O)C(C)S(C)(=O)=O)C1. The molecule has 0 aromatic heterocycles. The topological polar surface area (TPSA) is 74.7 Å². The number of likely N-dealkylation sites (tertiary alicyclic amines) is 1. The Morgan fingerprint density at radius 2 is 1.75 bits per heavy atom. The van der Waals surface area contributed by atoms with Crippen LogP contribution in [0.5, 0.6) is 0 Å². The lowest BCUT2D eigenvalue weighted by Crippen LogP contribution is -2.67. The zero-order valence-corrected chi connectivity index (χ0v) is 10.9. The van der Waals surface area contributed by atoms with Crippen LogP contribution in [0.2, 0.25) is 0 Å². The van der Waals surface area contributed by atoms with Gasteiger partial charge in [-0.1, -0.05) is 13.8 Å². The van der Waals surface area contributed by atoms with Crippen LogP contribution < -0.4 is 0 Å². The number of amides is 1. The highest BCUT2D eigenvalue weighted by Gasteiger charge is 2.47. The third kappa shape index (κ3) is 2.38. The summed E-state index contributed by atoms with van der Waals surface area (Å²) in [6.45, 7) is 5.58. The molecule has 1 aliphatic heterocycles. The largest absolute Gasteiger partial charge is 0.386 e. The molecule has 94 valence electrons. The molecule has 1 atom stereocenters. The van der Waals surface area contributed by atoms with Crippen molar-refractivity contribution in [2.75, 3.05) is 19.3 Å². The highest BCUT2D eigenvalue weighted by atomic mass is 32.2. The zero-order chi connectivity index (χ0) is 12.7. The Labute approximate surface area is 96.4 Å². The molecule has 5 nitrogen and oxygen atoms in total. The van der Waals surface area contributed by atoms with Gasteiger partial charge >= 0.3 is 0 Å². The van der Waals surface area contributed by atoms with Crippen LogP contribution in [0.4, 0.5) is 0 Å². The van der Waals surface area contributed by atoms with Crippen LogP contribution in [0, 0.1) is 5.92 Å². The number of aliphatic hydroxyl groups is 1. The predicted molar refractivity (Wildman–Crippen MR) is 60.7 cm³/mol. The van der Waals surface area contributed by atoms with E-state index in [9.17, 15) is 18.3 Å². The summed E-state index contributed by atoms with van der Waals surface area (Å²) in [7, 11) is -3.35. The second-order valence-corrected chi connectivity index (χ2v) is 7.29. The molecule has 0 aromatic rings. The van der Waals surface area contributed by atoms with Crippen molar-refractivity contribution in [1.29, 1.82) is 0 Å². The van der Waals surface area contributed by atoms with Gasteiger partial charge in [-0.3, -0.25) is 4.79 Å². The maximum Gasteiger partial charge on any atom is 0.240 e. The quantitative estimate of drug-likeness (QED) is 0.742. The summed E-state index contributed by atoms with van der Waals surface area (Å²) >= 11 is 0. The molecule has 1 aliphatic rings. The molecule has 1 heterocycles. The lowest BCUT2D eigenvalue weighted by Gasteiger charge is -2.49. The van der Waals surface area contributed by atoms with Gasteiger partial charge in [0.15, 0.2) is 9.84 Å². The van der Waals surface area contributed by atoms with Gasteiger partial charge in [0.05, 0.1) is 13.1 Å². The summed E-state index contributed by atoms with van der Waals surface area (Å²) in [6, 6.07) is 0. The lowest BCUT2D eigenvalue weighted by atomic mass is 9.83. The lowest BCUT2D eigenvalue weighted by molar-refractivity contribution is -0.163. The predicted octanol–water partition coefficient (Wildman–Crippen LogP) is -0.351. The molecule has 1 unspecified atom stereocenters. The number of nitrogens with zero attached hydrogens (tertiary/aromatic N) is 1. The highest BCUT2D eigenvalue weighted by Crippen LogP contribution is 2.29. The molecule has 1 N–H and O–H groups in total. The molecule has 0 saturated carbocycles. The molecular formula is C10H19NO4S. The molecule has 1 rings (SSSR count). The van der Waals surface area contributed by atoms with Crippen LogP contribution in [0.15, 0.2) is 0 Å². The molecule has 1 saturated heterocycles. The van der Waals surface area contributed by atoms with E-state index in [1.165, 1.54) is 11.8 Å². The average molecular weight is 249 g/mol. The third-order valence-corrected chi connectivity index (χ3v) is 4.79. The summed E-state index contributed by atoms with van der Waals surface area (Å²) in [5, 5.41) is 8.92. The first kappa shape index (κ1) is 13.4. The van der Waals surface area contributed by atoms with Crippen molar-refractivity contribution in [3.05, 3.63) is 0 Å². The van der Waals surface area contributed by atoms with E-state index >= 15 is 0 Å². The van der Waals surface area contributed by atoms with Crippen molar-refractivity contribution in [3.63, 3.8) is 0 Å². The van der Waals surface area contributed by atoms with Gasteiger partial charge in [0.25, 0.3) is 0 Å². The molecule has 0 aliphatic carbocycles. The van der Waals surface area contributed by atoms with E-state index in [2.05, 4.69) is 0 Å². The first-order valence-electron chi connectivity index (χ1n) is 5.28. The molecular weight excluding hydrogens is 230 g/mol. The van der Waals surface area contributed by atoms with Crippen molar-refractivity contribution in [2.24, 2.45) is 5.92 Å². The standard InChI is InChI=1S/C10H19NO4S/c1-7(2)10(13)5-11(6-10)9(12)8(3)16(4,14)15/h7-8,13H,5-6H2,1-4H3. The van der Waals surface area contributed by atoms with Gasteiger partial charge in [0.2, 0.25) is 5.91 Å². The highest BCUT2D eigenvalue weighted by molar-refractivity contribution is 7.92. The van der Waals surface area contributed by atoms with Crippen LogP contribution in [0.1, 0.15) is 20.8 Å². The summed E-state index contributed by atoms with van der Waals surface area (Å²) in [4.78, 5) is 13.1. The van der Waals surface area contributed by atoms with E-state index in [4.69, 9.17) is 0 Å². The molecule has 0 radical (unpaired) electrons. The maximum absolute atomic E-state index is 11.7. The Bertz CT molecular complexity index is 382. The molecule has 1 fully saturated rings. The van der Waals surface area contributed by atoms with Crippen LogP contribution >= 0.6 is 0 Å². The van der Waals surface area contributed by atoms with E-state index in [0.717, 1.165) is 6.26 Å². The second kappa shape index (κ2) is 4.00. The smallest absolute Gasteiger partial charge is 0.240 e. The van der Waals surface area contributed by atoms with Gasteiger partial charge in [0, 0.05) is 6.26 Å². The van der Waals surface area contributed by atoms with Crippen molar-refractivity contribution < 1.29 is 18.3 Å². The van der Waals surface area contributed by atoms with Gasteiger partial charge in [0.1, 0.15) is 10.9 Å². The monoisotopic (exact) mass is 249 g/mol. The van der Waals surface area contributed by atoms with Crippen LogP contribution in [0.3, 0.4) is 0 Å². The minimum Gasteiger partial charge on any atom is -0.386 e. The zero-order valence-electron chi connectivity index (χ0n) is 10.1. The molecule has 6 heteroatoms. The minimum atomic E-state index is -3.35. The van der Waals surface area contributed by atoms with E-state index in [1.807, 2.05) is 13.8 Å². The molecule has 0 bridgehead atoms. The van der Waals surface area contributed by atoms with Gasteiger partial charge in [-0.15, -0.1) is 0 Å². The van der Waals surface area contributed by atoms with Crippen LogP contribution in [0.25, 0.3) is 0 Å². The Morgan fingerprint density at radius 1 is 1.31 bits per heavy atom. The number of hydrogen-bond donors (Lipinski definition) is 1. The van der Waals surface area contributed by atoms with E-state index < -0.39 is 26.6 Å².